The van der Waals surface area contributed by atoms with E-state index in [1.807, 2.05) is 6.20 Å². The summed E-state index contributed by atoms with van der Waals surface area (Å²) in [5, 5.41) is 6.68. The fourth-order valence-electron chi connectivity index (χ4n) is 2.19. The summed E-state index contributed by atoms with van der Waals surface area (Å²) in [6.45, 7) is 4.62. The minimum absolute atomic E-state index is 0.473. The van der Waals surface area contributed by atoms with E-state index < -0.39 is 0 Å². The third kappa shape index (κ3) is 2.56. The van der Waals surface area contributed by atoms with E-state index in [0.29, 0.717) is 12.1 Å². The van der Waals surface area contributed by atoms with Crippen LogP contribution in [0.2, 0.25) is 0 Å². The molecule has 0 bridgehead atoms. The van der Waals surface area contributed by atoms with Gasteiger partial charge in [-0.15, -0.1) is 11.3 Å². The van der Waals surface area contributed by atoms with Crippen molar-refractivity contribution in [2.45, 2.75) is 31.8 Å². The minimum Gasteiger partial charge on any atom is -0.316 e. The van der Waals surface area contributed by atoms with Gasteiger partial charge in [-0.25, -0.2) is 4.98 Å². The Balaban J connectivity index is 1.98. The summed E-state index contributed by atoms with van der Waals surface area (Å²) in [6.07, 6.45) is 4.49. The molecule has 0 amide bonds. The molecule has 1 aromatic rings. The van der Waals surface area contributed by atoms with Crippen molar-refractivity contribution in [2.75, 3.05) is 20.1 Å². The van der Waals surface area contributed by atoms with Crippen LogP contribution in [0.4, 0.5) is 0 Å². The van der Waals surface area contributed by atoms with E-state index in [1.54, 1.807) is 11.3 Å². The SMILES string of the molecule is CN[C@@H]1CCCN([C@H](C)c2nccs2)C1. The first-order chi connectivity index (χ1) is 7.31. The molecule has 1 aliphatic rings. The topological polar surface area (TPSA) is 28.2 Å². The van der Waals surface area contributed by atoms with E-state index in [4.69, 9.17) is 0 Å². The van der Waals surface area contributed by atoms with E-state index in [2.05, 4.69) is 34.6 Å². The molecule has 0 spiro atoms. The molecule has 0 radical (unpaired) electrons. The van der Waals surface area contributed by atoms with Crippen molar-refractivity contribution >= 4 is 11.3 Å². The summed E-state index contributed by atoms with van der Waals surface area (Å²) in [6, 6.07) is 1.13. The molecule has 15 heavy (non-hydrogen) atoms. The molecule has 0 unspecified atom stereocenters. The predicted molar refractivity (Wildman–Crippen MR) is 64.2 cm³/mol. The van der Waals surface area contributed by atoms with E-state index in [0.717, 1.165) is 6.54 Å². The van der Waals surface area contributed by atoms with Crippen molar-refractivity contribution < 1.29 is 0 Å². The quantitative estimate of drug-likeness (QED) is 0.851. The molecule has 1 N–H and O–H groups in total. The minimum atomic E-state index is 0.473. The van der Waals surface area contributed by atoms with Crippen LogP contribution in [0.1, 0.15) is 30.8 Å². The molecule has 0 aromatic carbocycles. The van der Waals surface area contributed by atoms with Crippen molar-refractivity contribution in [3.05, 3.63) is 16.6 Å². The molecule has 1 aliphatic heterocycles. The zero-order chi connectivity index (χ0) is 10.7. The monoisotopic (exact) mass is 225 g/mol. The molecule has 2 heterocycles. The first kappa shape index (κ1) is 11.0. The van der Waals surface area contributed by atoms with Crippen LogP contribution in [0.5, 0.6) is 0 Å². The molecule has 4 heteroatoms. The van der Waals surface area contributed by atoms with Gasteiger partial charge < -0.3 is 5.32 Å². The molecule has 84 valence electrons. The smallest absolute Gasteiger partial charge is 0.109 e. The van der Waals surface area contributed by atoms with Gasteiger partial charge in [-0.05, 0) is 33.4 Å². The number of piperidine rings is 1. The number of nitrogens with zero attached hydrogens (tertiary/aromatic N) is 2. The van der Waals surface area contributed by atoms with Gasteiger partial charge in [0.2, 0.25) is 0 Å². The standard InChI is InChI=1S/C11H19N3S/c1-9(11-13-5-7-15-11)14-6-3-4-10(8-14)12-2/h5,7,9-10,12H,3-4,6,8H2,1-2H3/t9-,10-/m1/s1. The Bertz CT molecular complexity index is 286. The molecule has 1 saturated heterocycles. The number of thiazole rings is 1. The molecule has 0 saturated carbocycles. The largest absolute Gasteiger partial charge is 0.316 e. The fourth-order valence-corrected chi connectivity index (χ4v) is 2.92. The lowest BCUT2D eigenvalue weighted by molar-refractivity contribution is 0.149. The van der Waals surface area contributed by atoms with E-state index in [-0.39, 0.29) is 0 Å². The maximum atomic E-state index is 4.40. The van der Waals surface area contributed by atoms with E-state index >= 15 is 0 Å². The summed E-state index contributed by atoms with van der Waals surface area (Å²) in [7, 11) is 2.06. The third-order valence-corrected chi connectivity index (χ3v) is 4.16. The Hall–Kier alpha value is -0.450. The van der Waals surface area contributed by atoms with Crippen LogP contribution < -0.4 is 5.32 Å². The molecule has 2 atom stereocenters. The summed E-state index contributed by atoms with van der Waals surface area (Å²) >= 11 is 1.76. The lowest BCUT2D eigenvalue weighted by Gasteiger charge is -2.35. The van der Waals surface area contributed by atoms with Crippen LogP contribution >= 0.6 is 11.3 Å². The summed E-state index contributed by atoms with van der Waals surface area (Å²) in [5.41, 5.74) is 0. The number of aromatic nitrogens is 1. The zero-order valence-corrected chi connectivity index (χ0v) is 10.3. The van der Waals surface area contributed by atoms with Crippen molar-refractivity contribution in [3.8, 4) is 0 Å². The lowest BCUT2D eigenvalue weighted by atomic mass is 10.0. The highest BCUT2D eigenvalue weighted by Gasteiger charge is 2.24. The van der Waals surface area contributed by atoms with Gasteiger partial charge in [0.05, 0.1) is 6.04 Å². The van der Waals surface area contributed by atoms with Crippen LogP contribution in [0.15, 0.2) is 11.6 Å². The summed E-state index contributed by atoms with van der Waals surface area (Å²) < 4.78 is 0. The number of rotatable bonds is 3. The van der Waals surface area contributed by atoms with Gasteiger partial charge in [-0.1, -0.05) is 0 Å². The molecule has 1 aromatic heterocycles. The second-order valence-corrected chi connectivity index (χ2v) is 5.10. The van der Waals surface area contributed by atoms with E-state index in [1.165, 1.54) is 24.4 Å². The van der Waals surface area contributed by atoms with E-state index in [9.17, 15) is 0 Å². The first-order valence-electron chi connectivity index (χ1n) is 5.62. The Morgan fingerprint density at radius 3 is 3.20 bits per heavy atom. The number of likely N-dealkylation sites (N-methyl/N-ethyl adjacent to an activating group) is 1. The molecule has 3 nitrogen and oxygen atoms in total. The highest BCUT2D eigenvalue weighted by atomic mass is 32.1. The average molecular weight is 225 g/mol. The highest BCUT2D eigenvalue weighted by molar-refractivity contribution is 7.09. The van der Waals surface area contributed by atoms with Crippen LogP contribution in [-0.2, 0) is 0 Å². The maximum absolute atomic E-state index is 4.40. The number of hydrogen-bond acceptors (Lipinski definition) is 4. The highest BCUT2D eigenvalue weighted by Crippen LogP contribution is 2.25. The Labute approximate surface area is 95.5 Å². The lowest BCUT2D eigenvalue weighted by Crippen LogP contribution is -2.45. The Kier molecular flexibility index (Phi) is 3.72. The summed E-state index contributed by atoms with van der Waals surface area (Å²) in [4.78, 5) is 6.93. The van der Waals surface area contributed by atoms with Crippen molar-refractivity contribution in [1.82, 2.24) is 15.2 Å². The van der Waals surface area contributed by atoms with Gasteiger partial charge in [0.15, 0.2) is 0 Å². The van der Waals surface area contributed by atoms with Crippen molar-refractivity contribution in [1.29, 1.82) is 0 Å². The molecular weight excluding hydrogens is 206 g/mol. The van der Waals surface area contributed by atoms with Gasteiger partial charge in [-0.2, -0.15) is 0 Å². The van der Waals surface area contributed by atoms with Crippen LogP contribution in [0.25, 0.3) is 0 Å². The van der Waals surface area contributed by atoms with Gasteiger partial charge in [-0.3, -0.25) is 4.90 Å². The fraction of sp³-hybridized carbons (Fsp3) is 0.727. The third-order valence-electron chi connectivity index (χ3n) is 3.22. The normalized spacial score (nSPS) is 25.3. The average Bonchev–Trinajstić information content (AvgIpc) is 2.81. The predicted octanol–water partition coefficient (Wildman–Crippen LogP) is 1.89. The second-order valence-electron chi connectivity index (χ2n) is 4.17. The van der Waals surface area contributed by atoms with Crippen LogP contribution in [0.3, 0.4) is 0 Å². The Morgan fingerprint density at radius 2 is 2.53 bits per heavy atom. The van der Waals surface area contributed by atoms with Crippen LogP contribution in [-0.4, -0.2) is 36.1 Å². The Morgan fingerprint density at radius 1 is 1.67 bits per heavy atom. The van der Waals surface area contributed by atoms with Gasteiger partial charge in [0.25, 0.3) is 0 Å². The van der Waals surface area contributed by atoms with Crippen LogP contribution in [0, 0.1) is 0 Å². The van der Waals surface area contributed by atoms with Gasteiger partial charge >= 0.3 is 0 Å². The van der Waals surface area contributed by atoms with Gasteiger partial charge in [0.1, 0.15) is 5.01 Å². The second kappa shape index (κ2) is 5.05. The zero-order valence-electron chi connectivity index (χ0n) is 9.44. The molecular formula is C11H19N3S. The maximum Gasteiger partial charge on any atom is 0.109 e. The van der Waals surface area contributed by atoms with Crippen molar-refractivity contribution in [3.63, 3.8) is 0 Å². The number of likely N-dealkylation sites (tertiary alicyclic amines) is 1. The molecule has 2 rings (SSSR count). The number of nitrogens with one attached hydrogen (secondary N) is 1. The van der Waals surface area contributed by atoms with Crippen molar-refractivity contribution in [2.24, 2.45) is 0 Å². The number of hydrogen-bond donors (Lipinski definition) is 1. The van der Waals surface area contributed by atoms with Gasteiger partial charge in [0, 0.05) is 24.2 Å². The molecule has 1 fully saturated rings. The molecule has 0 aliphatic carbocycles. The first-order valence-corrected chi connectivity index (χ1v) is 6.50. The summed E-state index contributed by atoms with van der Waals surface area (Å²) in [5.74, 6) is 0.